The van der Waals surface area contributed by atoms with E-state index in [0.29, 0.717) is 32.1 Å². The van der Waals surface area contributed by atoms with Crippen LogP contribution in [0.15, 0.2) is 53.0 Å². The molecule has 0 aromatic heterocycles. The summed E-state index contributed by atoms with van der Waals surface area (Å²) in [6.45, 7) is 8.28. The molecule has 0 bridgehead atoms. The van der Waals surface area contributed by atoms with Gasteiger partial charge in [-0.1, -0.05) is 46.3 Å². The van der Waals surface area contributed by atoms with Crippen molar-refractivity contribution in [3.8, 4) is 0 Å². The predicted molar refractivity (Wildman–Crippen MR) is 138 cm³/mol. The lowest BCUT2D eigenvalue weighted by Crippen LogP contribution is -2.45. The summed E-state index contributed by atoms with van der Waals surface area (Å²) in [7, 11) is 0. The van der Waals surface area contributed by atoms with E-state index < -0.39 is 5.60 Å². The quantitative estimate of drug-likeness (QED) is 0.534. The lowest BCUT2D eigenvalue weighted by molar-refractivity contribution is 0.0174. The van der Waals surface area contributed by atoms with Crippen molar-refractivity contribution in [3.63, 3.8) is 0 Å². The summed E-state index contributed by atoms with van der Waals surface area (Å²) in [5, 5.41) is 3.21. The molecule has 1 N–H and O–H groups in total. The highest BCUT2D eigenvalue weighted by atomic mass is 79.9. The third kappa shape index (κ3) is 5.93. The molecule has 2 aromatic rings. The standard InChI is InChI=1S/C27H34BrN3O3/c1-27(2,3)34-26(33)30-15-12-20(13-16-30)23(19-8-10-22(28)11-9-19)18-29-25(32)31-17-14-21-6-4-5-7-24(21)31/h4-11,20,23H,12-18H2,1-3H3,(H,29,32). The van der Waals surface area contributed by atoms with Gasteiger partial charge in [0, 0.05) is 42.3 Å². The van der Waals surface area contributed by atoms with E-state index >= 15 is 0 Å². The lowest BCUT2D eigenvalue weighted by atomic mass is 9.80. The Morgan fingerprint density at radius 3 is 2.41 bits per heavy atom. The minimum Gasteiger partial charge on any atom is -0.444 e. The van der Waals surface area contributed by atoms with E-state index in [1.54, 1.807) is 4.90 Å². The van der Waals surface area contributed by atoms with Crippen molar-refractivity contribution < 1.29 is 14.3 Å². The Kier molecular flexibility index (Phi) is 7.51. The Morgan fingerprint density at radius 2 is 1.74 bits per heavy atom. The molecule has 2 heterocycles. The molecule has 0 aliphatic carbocycles. The maximum atomic E-state index is 13.1. The number of piperidine rings is 1. The summed E-state index contributed by atoms with van der Waals surface area (Å²) >= 11 is 3.53. The summed E-state index contributed by atoms with van der Waals surface area (Å²) in [5.41, 5.74) is 2.94. The van der Waals surface area contributed by atoms with Crippen molar-refractivity contribution in [1.29, 1.82) is 0 Å². The number of ether oxygens (including phenoxy) is 1. The zero-order chi connectivity index (χ0) is 24.3. The molecule has 0 spiro atoms. The number of likely N-dealkylation sites (tertiary alicyclic amines) is 1. The number of para-hydroxylation sites is 1. The van der Waals surface area contributed by atoms with E-state index in [1.807, 2.05) is 43.9 Å². The van der Waals surface area contributed by atoms with Crippen LogP contribution < -0.4 is 10.2 Å². The molecule has 182 valence electrons. The van der Waals surface area contributed by atoms with Gasteiger partial charge < -0.3 is 15.0 Å². The van der Waals surface area contributed by atoms with Crippen LogP contribution in [0.2, 0.25) is 0 Å². The fourth-order valence-electron chi connectivity index (χ4n) is 4.92. The number of hydrogen-bond donors (Lipinski definition) is 1. The number of anilines is 1. The molecule has 1 atom stereocenters. The highest BCUT2D eigenvalue weighted by Crippen LogP contribution is 2.34. The van der Waals surface area contributed by atoms with Crippen molar-refractivity contribution in [2.75, 3.05) is 31.1 Å². The summed E-state index contributed by atoms with van der Waals surface area (Å²) in [6, 6.07) is 16.4. The molecule has 0 radical (unpaired) electrons. The van der Waals surface area contributed by atoms with Crippen LogP contribution >= 0.6 is 15.9 Å². The largest absolute Gasteiger partial charge is 0.444 e. The SMILES string of the molecule is CC(C)(C)OC(=O)N1CCC(C(CNC(=O)N2CCc3ccccc32)c2ccc(Br)cc2)CC1. The Morgan fingerprint density at radius 1 is 1.06 bits per heavy atom. The van der Waals surface area contributed by atoms with E-state index in [0.717, 1.165) is 29.4 Å². The van der Waals surface area contributed by atoms with Gasteiger partial charge in [0.1, 0.15) is 5.60 Å². The summed E-state index contributed by atoms with van der Waals surface area (Å²) < 4.78 is 6.59. The van der Waals surface area contributed by atoms with Gasteiger partial charge in [0.15, 0.2) is 0 Å². The second kappa shape index (κ2) is 10.4. The Balaban J connectivity index is 1.42. The zero-order valence-corrected chi connectivity index (χ0v) is 21.8. The molecule has 7 heteroatoms. The molecule has 3 amide bonds. The fourth-order valence-corrected chi connectivity index (χ4v) is 5.18. The third-order valence-electron chi connectivity index (χ3n) is 6.66. The highest BCUT2D eigenvalue weighted by Gasteiger charge is 2.32. The molecule has 0 saturated carbocycles. The normalized spacial score (nSPS) is 17.3. The first-order valence-electron chi connectivity index (χ1n) is 12.1. The number of carbonyl (C=O) groups is 2. The molecule has 2 aliphatic heterocycles. The molecule has 34 heavy (non-hydrogen) atoms. The monoisotopic (exact) mass is 527 g/mol. The lowest BCUT2D eigenvalue weighted by Gasteiger charge is -2.37. The van der Waals surface area contributed by atoms with Gasteiger partial charge in [0.2, 0.25) is 0 Å². The van der Waals surface area contributed by atoms with Gasteiger partial charge in [0.25, 0.3) is 0 Å². The zero-order valence-electron chi connectivity index (χ0n) is 20.2. The van der Waals surface area contributed by atoms with Gasteiger partial charge in [-0.15, -0.1) is 0 Å². The van der Waals surface area contributed by atoms with Crippen LogP contribution in [-0.4, -0.2) is 48.8 Å². The number of urea groups is 1. The average Bonchev–Trinajstić information content (AvgIpc) is 3.24. The van der Waals surface area contributed by atoms with Crippen molar-refractivity contribution in [3.05, 3.63) is 64.1 Å². The number of nitrogens with one attached hydrogen (secondary N) is 1. The van der Waals surface area contributed by atoms with Gasteiger partial charge >= 0.3 is 12.1 Å². The van der Waals surface area contributed by atoms with Crippen LogP contribution in [0.1, 0.15) is 50.7 Å². The van der Waals surface area contributed by atoms with Crippen molar-refractivity contribution in [2.45, 2.75) is 51.6 Å². The Hall–Kier alpha value is -2.54. The van der Waals surface area contributed by atoms with Gasteiger partial charge in [-0.2, -0.15) is 0 Å². The number of amides is 3. The molecular weight excluding hydrogens is 494 g/mol. The van der Waals surface area contributed by atoms with Crippen molar-refractivity contribution >= 4 is 33.7 Å². The van der Waals surface area contributed by atoms with Crippen LogP contribution in [-0.2, 0) is 11.2 Å². The molecule has 4 rings (SSSR count). The number of halogens is 1. The van der Waals surface area contributed by atoms with E-state index in [1.165, 1.54) is 11.1 Å². The van der Waals surface area contributed by atoms with Crippen molar-refractivity contribution in [2.24, 2.45) is 5.92 Å². The first kappa shape index (κ1) is 24.6. The maximum Gasteiger partial charge on any atom is 0.410 e. The third-order valence-corrected chi connectivity index (χ3v) is 7.19. The van der Waals surface area contributed by atoms with Crippen LogP contribution in [0.25, 0.3) is 0 Å². The first-order valence-corrected chi connectivity index (χ1v) is 12.9. The van der Waals surface area contributed by atoms with Gasteiger partial charge in [-0.25, -0.2) is 9.59 Å². The van der Waals surface area contributed by atoms with E-state index in [4.69, 9.17) is 4.74 Å². The van der Waals surface area contributed by atoms with Crippen molar-refractivity contribution in [1.82, 2.24) is 10.2 Å². The Bertz CT molecular complexity index is 1010. The smallest absolute Gasteiger partial charge is 0.410 e. The average molecular weight is 528 g/mol. The van der Waals surface area contributed by atoms with E-state index in [-0.39, 0.29) is 18.0 Å². The van der Waals surface area contributed by atoms with E-state index in [9.17, 15) is 9.59 Å². The molecule has 2 aromatic carbocycles. The second-order valence-corrected chi connectivity index (χ2v) is 11.1. The second-order valence-electron chi connectivity index (χ2n) is 10.2. The molecular formula is C27H34BrN3O3. The number of fused-ring (bicyclic) bond motifs is 1. The van der Waals surface area contributed by atoms with Gasteiger partial charge in [-0.3, -0.25) is 4.90 Å². The topological polar surface area (TPSA) is 61.9 Å². The van der Waals surface area contributed by atoms with Gasteiger partial charge in [0.05, 0.1) is 0 Å². The predicted octanol–water partition coefficient (Wildman–Crippen LogP) is 5.95. The Labute approximate surface area is 210 Å². The van der Waals surface area contributed by atoms with Crippen LogP contribution in [0.4, 0.5) is 15.3 Å². The van der Waals surface area contributed by atoms with Crippen LogP contribution in [0.5, 0.6) is 0 Å². The molecule has 1 unspecified atom stereocenters. The number of carbonyl (C=O) groups excluding carboxylic acids is 2. The minimum atomic E-state index is -0.494. The van der Waals surface area contributed by atoms with E-state index in [2.05, 4.69) is 51.6 Å². The highest BCUT2D eigenvalue weighted by molar-refractivity contribution is 9.10. The summed E-state index contributed by atoms with van der Waals surface area (Å²) in [4.78, 5) is 29.2. The minimum absolute atomic E-state index is 0.0433. The number of nitrogens with zero attached hydrogens (tertiary/aromatic N) is 2. The summed E-state index contributed by atoms with van der Waals surface area (Å²) in [6.07, 6.45) is 2.40. The molecule has 1 saturated heterocycles. The fraction of sp³-hybridized carbons (Fsp3) is 0.481. The van der Waals surface area contributed by atoms with Crippen LogP contribution in [0, 0.1) is 5.92 Å². The summed E-state index contributed by atoms with van der Waals surface area (Å²) in [5.74, 6) is 0.543. The molecule has 2 aliphatic rings. The number of hydrogen-bond acceptors (Lipinski definition) is 3. The number of rotatable bonds is 4. The first-order chi connectivity index (χ1) is 16.2. The molecule has 1 fully saturated rings. The van der Waals surface area contributed by atoms with Gasteiger partial charge in [-0.05, 0) is 75.3 Å². The maximum absolute atomic E-state index is 13.1. The number of benzene rings is 2. The molecule has 6 nitrogen and oxygen atoms in total. The van der Waals surface area contributed by atoms with Crippen LogP contribution in [0.3, 0.4) is 0 Å².